The molecular weight excluding hydrogens is 270 g/mol. The maximum atomic E-state index is 10.9. The summed E-state index contributed by atoms with van der Waals surface area (Å²) in [5.41, 5.74) is 0.887. The second-order valence-electron chi connectivity index (χ2n) is 5.57. The number of aliphatic hydroxyl groups is 1. The van der Waals surface area contributed by atoms with E-state index in [1.54, 1.807) is 6.08 Å². The molecule has 110 valence electrons. The first-order valence-corrected chi connectivity index (χ1v) is 7.12. The Bertz CT molecular complexity index is 478. The SMILES string of the molecule is C=CC(O)(/C(C)=C/c1ccc(Cl)cc1)C(C)CN(C)C. The van der Waals surface area contributed by atoms with Crippen molar-refractivity contribution >= 4 is 17.7 Å². The minimum Gasteiger partial charge on any atom is -0.381 e. The molecule has 1 aromatic carbocycles. The van der Waals surface area contributed by atoms with E-state index in [0.717, 1.165) is 17.7 Å². The highest BCUT2D eigenvalue weighted by Crippen LogP contribution is 2.29. The fraction of sp³-hybridized carbons (Fsp3) is 0.412. The van der Waals surface area contributed by atoms with Gasteiger partial charge in [-0.2, -0.15) is 0 Å². The molecule has 0 spiro atoms. The molecule has 0 heterocycles. The lowest BCUT2D eigenvalue weighted by molar-refractivity contribution is 0.0596. The smallest absolute Gasteiger partial charge is 0.107 e. The van der Waals surface area contributed by atoms with E-state index in [0.29, 0.717) is 5.02 Å². The molecule has 1 aromatic rings. The standard InChI is InChI=1S/C17H24ClNO/c1-6-17(20,14(3)12-19(4)5)13(2)11-15-7-9-16(18)10-8-15/h6-11,14,20H,1,12H2,2-5H3/b13-11+. The molecule has 0 aromatic heterocycles. The summed E-state index contributed by atoms with van der Waals surface area (Å²) in [5.74, 6) is 0.0542. The maximum Gasteiger partial charge on any atom is 0.107 e. The van der Waals surface area contributed by atoms with Crippen LogP contribution in [0.2, 0.25) is 5.02 Å². The molecule has 2 atom stereocenters. The summed E-state index contributed by atoms with van der Waals surface area (Å²) < 4.78 is 0. The molecule has 0 aliphatic heterocycles. The highest BCUT2D eigenvalue weighted by molar-refractivity contribution is 6.30. The Balaban J connectivity index is 3.03. The first kappa shape index (κ1) is 17.0. The summed E-state index contributed by atoms with van der Waals surface area (Å²) in [7, 11) is 4.00. The maximum absolute atomic E-state index is 10.9. The van der Waals surface area contributed by atoms with Crippen molar-refractivity contribution in [1.29, 1.82) is 0 Å². The normalized spacial score (nSPS) is 16.9. The lowest BCUT2D eigenvalue weighted by Gasteiger charge is -2.34. The molecule has 0 fully saturated rings. The minimum absolute atomic E-state index is 0.0542. The predicted octanol–water partition coefficient (Wildman–Crippen LogP) is 3.86. The molecule has 1 rings (SSSR count). The molecule has 0 amide bonds. The van der Waals surface area contributed by atoms with Crippen molar-refractivity contribution in [3.8, 4) is 0 Å². The van der Waals surface area contributed by atoms with Gasteiger partial charge in [-0.25, -0.2) is 0 Å². The van der Waals surface area contributed by atoms with Gasteiger partial charge in [0.1, 0.15) is 5.60 Å². The molecule has 20 heavy (non-hydrogen) atoms. The van der Waals surface area contributed by atoms with E-state index < -0.39 is 5.60 Å². The lowest BCUT2D eigenvalue weighted by atomic mass is 9.81. The van der Waals surface area contributed by atoms with Crippen LogP contribution in [0.3, 0.4) is 0 Å². The van der Waals surface area contributed by atoms with E-state index in [9.17, 15) is 5.11 Å². The molecule has 0 saturated heterocycles. The van der Waals surface area contributed by atoms with Gasteiger partial charge in [-0.1, -0.05) is 49.4 Å². The van der Waals surface area contributed by atoms with Crippen molar-refractivity contribution in [3.63, 3.8) is 0 Å². The van der Waals surface area contributed by atoms with E-state index in [-0.39, 0.29) is 5.92 Å². The first-order valence-electron chi connectivity index (χ1n) is 6.74. The van der Waals surface area contributed by atoms with Crippen LogP contribution in [0.1, 0.15) is 19.4 Å². The highest BCUT2D eigenvalue weighted by Gasteiger charge is 2.32. The van der Waals surface area contributed by atoms with Crippen LogP contribution in [-0.2, 0) is 0 Å². The van der Waals surface area contributed by atoms with Crippen molar-refractivity contribution in [2.75, 3.05) is 20.6 Å². The van der Waals surface area contributed by atoms with Crippen LogP contribution < -0.4 is 0 Å². The third-order valence-electron chi connectivity index (χ3n) is 3.59. The van der Waals surface area contributed by atoms with Crippen LogP contribution in [0.25, 0.3) is 6.08 Å². The first-order chi connectivity index (χ1) is 9.29. The summed E-state index contributed by atoms with van der Waals surface area (Å²) in [5, 5.41) is 11.6. The number of rotatable bonds is 6. The molecule has 0 bridgehead atoms. The number of nitrogens with zero attached hydrogens (tertiary/aromatic N) is 1. The van der Waals surface area contributed by atoms with Gasteiger partial charge in [0.2, 0.25) is 0 Å². The summed E-state index contributed by atoms with van der Waals surface area (Å²) in [6.07, 6.45) is 3.60. The van der Waals surface area contributed by atoms with Crippen LogP contribution in [0.5, 0.6) is 0 Å². The fourth-order valence-corrected chi connectivity index (χ4v) is 2.49. The molecule has 0 aliphatic carbocycles. The van der Waals surface area contributed by atoms with Crippen LogP contribution in [0, 0.1) is 5.92 Å². The summed E-state index contributed by atoms with van der Waals surface area (Å²) in [6.45, 7) is 8.56. The van der Waals surface area contributed by atoms with E-state index in [2.05, 4.69) is 11.5 Å². The number of halogens is 1. The zero-order valence-corrected chi connectivity index (χ0v) is 13.5. The third-order valence-corrected chi connectivity index (χ3v) is 3.84. The van der Waals surface area contributed by atoms with Crippen molar-refractivity contribution in [3.05, 3.63) is 53.1 Å². The highest BCUT2D eigenvalue weighted by atomic mass is 35.5. The number of benzene rings is 1. The van der Waals surface area contributed by atoms with E-state index >= 15 is 0 Å². The Morgan fingerprint density at radius 2 is 1.95 bits per heavy atom. The van der Waals surface area contributed by atoms with E-state index in [4.69, 9.17) is 11.6 Å². The lowest BCUT2D eigenvalue weighted by Crippen LogP contribution is -2.40. The number of hydrogen-bond donors (Lipinski definition) is 1. The van der Waals surface area contributed by atoms with Gasteiger partial charge in [-0.3, -0.25) is 0 Å². The summed E-state index contributed by atoms with van der Waals surface area (Å²) in [4.78, 5) is 2.06. The molecular formula is C17H24ClNO. The average Bonchev–Trinajstić information content (AvgIpc) is 2.39. The monoisotopic (exact) mass is 293 g/mol. The Morgan fingerprint density at radius 1 is 1.40 bits per heavy atom. The van der Waals surface area contributed by atoms with Gasteiger partial charge in [-0.05, 0) is 44.3 Å². The Labute approximate surface area is 127 Å². The Morgan fingerprint density at radius 3 is 2.40 bits per heavy atom. The minimum atomic E-state index is -1.01. The van der Waals surface area contributed by atoms with Crippen molar-refractivity contribution in [2.24, 2.45) is 5.92 Å². The molecule has 0 radical (unpaired) electrons. The summed E-state index contributed by atoms with van der Waals surface area (Å²) >= 11 is 5.88. The molecule has 2 unspecified atom stereocenters. The predicted molar refractivity (Wildman–Crippen MR) is 88.0 cm³/mol. The fourth-order valence-electron chi connectivity index (χ4n) is 2.36. The quantitative estimate of drug-likeness (QED) is 0.805. The van der Waals surface area contributed by atoms with E-state index in [1.807, 2.05) is 58.3 Å². The van der Waals surface area contributed by atoms with Crippen LogP contribution in [0.15, 0.2) is 42.5 Å². The van der Waals surface area contributed by atoms with Gasteiger partial charge in [0.25, 0.3) is 0 Å². The van der Waals surface area contributed by atoms with Gasteiger partial charge < -0.3 is 10.0 Å². The Hall–Kier alpha value is -1.09. The van der Waals surface area contributed by atoms with Gasteiger partial charge >= 0.3 is 0 Å². The van der Waals surface area contributed by atoms with Gasteiger partial charge in [0.15, 0.2) is 0 Å². The number of hydrogen-bond acceptors (Lipinski definition) is 2. The van der Waals surface area contributed by atoms with Gasteiger partial charge in [-0.15, -0.1) is 0 Å². The Kier molecular flexibility index (Phi) is 6.00. The zero-order chi connectivity index (χ0) is 15.3. The molecule has 1 N–H and O–H groups in total. The van der Waals surface area contributed by atoms with Crippen LogP contribution in [0.4, 0.5) is 0 Å². The van der Waals surface area contributed by atoms with Gasteiger partial charge in [0, 0.05) is 17.5 Å². The molecule has 2 nitrogen and oxygen atoms in total. The van der Waals surface area contributed by atoms with E-state index in [1.165, 1.54) is 0 Å². The average molecular weight is 294 g/mol. The van der Waals surface area contributed by atoms with Crippen molar-refractivity contribution < 1.29 is 5.11 Å². The van der Waals surface area contributed by atoms with Crippen molar-refractivity contribution in [1.82, 2.24) is 4.90 Å². The molecule has 0 saturated carbocycles. The third kappa shape index (κ3) is 4.20. The second-order valence-corrected chi connectivity index (χ2v) is 6.01. The van der Waals surface area contributed by atoms with Gasteiger partial charge in [0.05, 0.1) is 0 Å². The van der Waals surface area contributed by atoms with Crippen molar-refractivity contribution in [2.45, 2.75) is 19.4 Å². The molecule has 3 heteroatoms. The molecule has 0 aliphatic rings. The summed E-state index contributed by atoms with van der Waals surface area (Å²) in [6, 6.07) is 7.56. The second kappa shape index (κ2) is 7.07. The van der Waals surface area contributed by atoms with Crippen LogP contribution >= 0.6 is 11.6 Å². The topological polar surface area (TPSA) is 23.5 Å². The largest absolute Gasteiger partial charge is 0.381 e. The van der Waals surface area contributed by atoms with Crippen LogP contribution in [-0.4, -0.2) is 36.2 Å². The zero-order valence-electron chi connectivity index (χ0n) is 12.7.